The molecule has 1 N–H and O–H groups in total. The Kier molecular flexibility index (Phi) is 3.79. The highest BCUT2D eigenvalue weighted by atomic mass is 16.3. The maximum atomic E-state index is 9.92. The second-order valence-corrected chi connectivity index (χ2v) is 4.77. The summed E-state index contributed by atoms with van der Waals surface area (Å²) in [6.45, 7) is 3.78. The van der Waals surface area contributed by atoms with Crippen molar-refractivity contribution < 1.29 is 5.11 Å². The Labute approximate surface area is 97.8 Å². The van der Waals surface area contributed by atoms with Crippen LogP contribution in [0.3, 0.4) is 0 Å². The van der Waals surface area contributed by atoms with E-state index in [1.165, 1.54) is 5.56 Å². The Morgan fingerprint density at radius 1 is 1.25 bits per heavy atom. The van der Waals surface area contributed by atoms with Crippen LogP contribution in [-0.4, -0.2) is 11.2 Å². The van der Waals surface area contributed by atoms with Gasteiger partial charge in [0.25, 0.3) is 0 Å². The average molecular weight is 216 g/mol. The lowest BCUT2D eigenvalue weighted by Crippen LogP contribution is -2.27. The molecule has 0 aliphatic heterocycles. The van der Waals surface area contributed by atoms with Gasteiger partial charge in [0.15, 0.2) is 0 Å². The van der Waals surface area contributed by atoms with Crippen molar-refractivity contribution in [1.82, 2.24) is 0 Å². The van der Waals surface area contributed by atoms with E-state index >= 15 is 0 Å². The van der Waals surface area contributed by atoms with Crippen LogP contribution in [0.4, 0.5) is 0 Å². The number of benzene rings is 1. The van der Waals surface area contributed by atoms with Crippen LogP contribution in [0.2, 0.25) is 0 Å². The van der Waals surface area contributed by atoms with Gasteiger partial charge in [0.2, 0.25) is 0 Å². The first-order valence-corrected chi connectivity index (χ1v) is 6.15. The summed E-state index contributed by atoms with van der Waals surface area (Å²) >= 11 is 0. The van der Waals surface area contributed by atoms with Gasteiger partial charge >= 0.3 is 0 Å². The smallest absolute Gasteiger partial charge is 0.0571 e. The van der Waals surface area contributed by atoms with E-state index in [0.717, 1.165) is 25.7 Å². The molecule has 1 fully saturated rings. The van der Waals surface area contributed by atoms with Crippen molar-refractivity contribution >= 4 is 0 Å². The van der Waals surface area contributed by atoms with Gasteiger partial charge in [-0.3, -0.25) is 0 Å². The van der Waals surface area contributed by atoms with Gasteiger partial charge in [-0.25, -0.2) is 0 Å². The number of aliphatic hydroxyl groups excluding tert-OH is 1. The Morgan fingerprint density at radius 2 is 2.00 bits per heavy atom. The normalized spacial score (nSPS) is 29.9. The Hall–Kier alpha value is -1.08. The molecule has 0 spiro atoms. The second kappa shape index (κ2) is 5.31. The summed E-state index contributed by atoms with van der Waals surface area (Å²) in [6.07, 6.45) is 5.87. The van der Waals surface area contributed by atoms with Gasteiger partial charge in [-0.05, 0) is 43.1 Å². The van der Waals surface area contributed by atoms with Gasteiger partial charge < -0.3 is 5.11 Å². The quantitative estimate of drug-likeness (QED) is 0.767. The first-order valence-electron chi connectivity index (χ1n) is 6.15. The van der Waals surface area contributed by atoms with Gasteiger partial charge in [-0.15, -0.1) is 6.58 Å². The zero-order valence-corrected chi connectivity index (χ0v) is 9.68. The highest BCUT2D eigenvalue weighted by Gasteiger charge is 2.28. The lowest BCUT2D eigenvalue weighted by atomic mass is 9.75. The van der Waals surface area contributed by atoms with Gasteiger partial charge in [0, 0.05) is 0 Å². The molecule has 0 radical (unpaired) electrons. The summed E-state index contributed by atoms with van der Waals surface area (Å²) in [5.74, 6) is 1.02. The third-order valence-corrected chi connectivity index (χ3v) is 3.68. The van der Waals surface area contributed by atoms with Crippen LogP contribution in [0.15, 0.2) is 43.0 Å². The van der Waals surface area contributed by atoms with Crippen molar-refractivity contribution in [3.05, 3.63) is 48.6 Å². The monoisotopic (exact) mass is 216 g/mol. The van der Waals surface area contributed by atoms with Crippen LogP contribution in [0.1, 0.15) is 37.2 Å². The van der Waals surface area contributed by atoms with Crippen molar-refractivity contribution in [3.8, 4) is 0 Å². The van der Waals surface area contributed by atoms with Crippen LogP contribution in [-0.2, 0) is 0 Å². The maximum absolute atomic E-state index is 9.92. The van der Waals surface area contributed by atoms with Gasteiger partial charge in [-0.2, -0.15) is 0 Å². The van der Waals surface area contributed by atoms with E-state index in [9.17, 15) is 5.11 Å². The van der Waals surface area contributed by atoms with Crippen molar-refractivity contribution in [3.63, 3.8) is 0 Å². The second-order valence-electron chi connectivity index (χ2n) is 4.77. The molecule has 1 nitrogen and oxygen atoms in total. The fraction of sp³-hybridized carbons (Fsp3) is 0.467. The maximum Gasteiger partial charge on any atom is 0.0571 e. The summed E-state index contributed by atoms with van der Waals surface area (Å²) in [5, 5.41) is 9.92. The third-order valence-electron chi connectivity index (χ3n) is 3.68. The van der Waals surface area contributed by atoms with Crippen molar-refractivity contribution in [2.45, 2.75) is 37.7 Å². The molecule has 1 saturated carbocycles. The number of aliphatic hydroxyl groups is 1. The fourth-order valence-corrected chi connectivity index (χ4v) is 2.74. The molecule has 86 valence electrons. The van der Waals surface area contributed by atoms with Gasteiger partial charge in [-0.1, -0.05) is 36.4 Å². The predicted molar refractivity (Wildman–Crippen MR) is 67.3 cm³/mol. The topological polar surface area (TPSA) is 20.2 Å². The third kappa shape index (κ3) is 2.53. The Balaban J connectivity index is 2.05. The van der Waals surface area contributed by atoms with E-state index in [2.05, 4.69) is 36.9 Å². The van der Waals surface area contributed by atoms with E-state index in [4.69, 9.17) is 0 Å². The molecule has 0 bridgehead atoms. The predicted octanol–water partition coefficient (Wildman–Crippen LogP) is 3.51. The molecular weight excluding hydrogens is 196 g/mol. The molecule has 0 unspecified atom stereocenters. The van der Waals surface area contributed by atoms with Gasteiger partial charge in [0.05, 0.1) is 6.10 Å². The fourth-order valence-electron chi connectivity index (χ4n) is 2.74. The molecule has 1 heteroatoms. The lowest BCUT2D eigenvalue weighted by Gasteiger charge is -2.33. The van der Waals surface area contributed by atoms with E-state index in [1.807, 2.05) is 6.08 Å². The van der Waals surface area contributed by atoms with Crippen molar-refractivity contribution in [2.75, 3.05) is 0 Å². The average Bonchev–Trinajstić information content (AvgIpc) is 2.33. The Bertz CT molecular complexity index is 331. The summed E-state index contributed by atoms with van der Waals surface area (Å²) in [6, 6.07) is 10.7. The van der Waals surface area contributed by atoms with Crippen molar-refractivity contribution in [2.24, 2.45) is 5.92 Å². The van der Waals surface area contributed by atoms with E-state index in [-0.39, 0.29) is 6.10 Å². The molecule has 0 heterocycles. The first-order chi connectivity index (χ1) is 7.81. The number of allylic oxidation sites excluding steroid dienone is 1. The minimum absolute atomic E-state index is 0.127. The standard InChI is InChI=1S/C15H20O/c1-2-6-14-11-13(9-10-15(14)16)12-7-4-3-5-8-12/h2-5,7-8,13-16H,1,6,9-11H2/t13-,14-,15+/m1/s1. The summed E-state index contributed by atoms with van der Waals surface area (Å²) in [4.78, 5) is 0. The molecule has 0 saturated heterocycles. The van der Waals surface area contributed by atoms with Crippen LogP contribution in [0, 0.1) is 5.92 Å². The lowest BCUT2D eigenvalue weighted by molar-refractivity contribution is 0.0633. The molecule has 3 atom stereocenters. The van der Waals surface area contributed by atoms with E-state index in [0.29, 0.717) is 11.8 Å². The van der Waals surface area contributed by atoms with Crippen LogP contribution in [0.25, 0.3) is 0 Å². The van der Waals surface area contributed by atoms with Crippen molar-refractivity contribution in [1.29, 1.82) is 0 Å². The molecule has 1 aromatic rings. The minimum atomic E-state index is -0.127. The zero-order valence-electron chi connectivity index (χ0n) is 9.68. The SMILES string of the molecule is C=CC[C@@H]1C[C@H](c2ccccc2)CC[C@@H]1O. The van der Waals surface area contributed by atoms with Crippen LogP contribution < -0.4 is 0 Å². The van der Waals surface area contributed by atoms with Gasteiger partial charge in [0.1, 0.15) is 0 Å². The highest BCUT2D eigenvalue weighted by molar-refractivity contribution is 5.20. The molecule has 1 aliphatic rings. The largest absolute Gasteiger partial charge is 0.393 e. The molecule has 16 heavy (non-hydrogen) atoms. The van der Waals surface area contributed by atoms with E-state index in [1.54, 1.807) is 0 Å². The highest BCUT2D eigenvalue weighted by Crippen LogP contribution is 2.37. The summed E-state index contributed by atoms with van der Waals surface area (Å²) < 4.78 is 0. The number of hydrogen-bond acceptors (Lipinski definition) is 1. The molecule has 1 aliphatic carbocycles. The summed E-state index contributed by atoms with van der Waals surface area (Å²) in [7, 11) is 0. The first kappa shape index (κ1) is 11.4. The molecular formula is C15H20O. The minimum Gasteiger partial charge on any atom is -0.393 e. The van der Waals surface area contributed by atoms with E-state index < -0.39 is 0 Å². The molecule has 2 rings (SSSR count). The van der Waals surface area contributed by atoms with Crippen LogP contribution in [0.5, 0.6) is 0 Å². The van der Waals surface area contributed by atoms with Crippen LogP contribution >= 0.6 is 0 Å². The molecule has 0 amide bonds. The molecule has 1 aromatic carbocycles. The Morgan fingerprint density at radius 3 is 2.69 bits per heavy atom. The summed E-state index contributed by atoms with van der Waals surface area (Å²) in [5.41, 5.74) is 1.42. The zero-order chi connectivity index (χ0) is 11.4. The number of hydrogen-bond donors (Lipinski definition) is 1. The molecule has 0 aromatic heterocycles. The number of rotatable bonds is 3.